The van der Waals surface area contributed by atoms with Crippen molar-refractivity contribution < 1.29 is 9.13 Å². The maximum Gasteiger partial charge on any atom is 0.252 e. The van der Waals surface area contributed by atoms with Gasteiger partial charge in [0, 0.05) is 36.7 Å². The molecule has 9 heteroatoms. The van der Waals surface area contributed by atoms with Crippen LogP contribution in [0.15, 0.2) is 47.3 Å². The van der Waals surface area contributed by atoms with E-state index in [1.807, 2.05) is 19.1 Å². The number of methoxy groups -OCH3 is 1. The van der Waals surface area contributed by atoms with Crippen molar-refractivity contribution in [2.45, 2.75) is 53.4 Å². The number of rotatable bonds is 10. The van der Waals surface area contributed by atoms with Crippen LogP contribution in [0.2, 0.25) is 0 Å². The molecule has 8 nitrogen and oxygen atoms in total. The summed E-state index contributed by atoms with van der Waals surface area (Å²) >= 11 is 0. The number of hydrogen-bond acceptors (Lipinski definition) is 6. The van der Waals surface area contributed by atoms with E-state index in [0.717, 1.165) is 27.6 Å². The lowest BCUT2D eigenvalue weighted by atomic mass is 9.99. The van der Waals surface area contributed by atoms with Crippen molar-refractivity contribution in [2.24, 2.45) is 5.92 Å². The summed E-state index contributed by atoms with van der Waals surface area (Å²) in [5.41, 5.74) is 4.49. The number of pyridine rings is 1. The Balaban J connectivity index is 1.78. The highest BCUT2D eigenvalue weighted by Gasteiger charge is 2.30. The lowest BCUT2D eigenvalue weighted by molar-refractivity contribution is 0.121. The van der Waals surface area contributed by atoms with Gasteiger partial charge in [-0.2, -0.15) is 0 Å². The van der Waals surface area contributed by atoms with Gasteiger partial charge in [0.2, 0.25) is 0 Å². The van der Waals surface area contributed by atoms with Crippen LogP contribution in [0.25, 0.3) is 10.9 Å². The summed E-state index contributed by atoms with van der Waals surface area (Å²) in [5, 5.41) is 13.5. The third kappa shape index (κ3) is 5.68. The number of halogens is 1. The van der Waals surface area contributed by atoms with Crippen molar-refractivity contribution in [3.8, 4) is 0 Å². The summed E-state index contributed by atoms with van der Waals surface area (Å²) in [4.78, 5) is 18.4. The Bertz CT molecular complexity index is 1380. The van der Waals surface area contributed by atoms with Gasteiger partial charge in [0.05, 0.1) is 19.2 Å². The normalized spacial score (nSPS) is 12.7. The van der Waals surface area contributed by atoms with E-state index in [-0.39, 0.29) is 23.3 Å². The van der Waals surface area contributed by atoms with E-state index in [0.29, 0.717) is 37.6 Å². The van der Waals surface area contributed by atoms with Crippen LogP contribution in [0, 0.1) is 25.6 Å². The zero-order valence-corrected chi connectivity index (χ0v) is 21.5. The number of aromatic amines is 1. The maximum absolute atomic E-state index is 13.6. The molecule has 0 radical (unpaired) electrons. The van der Waals surface area contributed by atoms with Gasteiger partial charge in [-0.1, -0.05) is 32.0 Å². The SMILES string of the molecule is COCCn1nnnc1[C@@H](C(C)C)N(Cc1ccc(F)cc1)Cc1cc2c(C)cc(C)cc2[nH]c1=O. The molecule has 36 heavy (non-hydrogen) atoms. The van der Waals surface area contributed by atoms with E-state index in [1.165, 1.54) is 12.1 Å². The Hall–Kier alpha value is -3.43. The quantitative estimate of drug-likeness (QED) is 0.355. The average molecular weight is 493 g/mol. The lowest BCUT2D eigenvalue weighted by Crippen LogP contribution is -2.35. The van der Waals surface area contributed by atoms with Crippen molar-refractivity contribution >= 4 is 10.9 Å². The van der Waals surface area contributed by atoms with Crippen LogP contribution in [0.1, 0.15) is 48.0 Å². The predicted octanol–water partition coefficient (Wildman–Crippen LogP) is 4.32. The zero-order chi connectivity index (χ0) is 25.8. The largest absolute Gasteiger partial charge is 0.383 e. The first-order valence-electron chi connectivity index (χ1n) is 12.1. The Morgan fingerprint density at radius 3 is 2.56 bits per heavy atom. The van der Waals surface area contributed by atoms with E-state index < -0.39 is 0 Å². The second-order valence-electron chi connectivity index (χ2n) is 9.64. The molecule has 4 rings (SSSR count). The molecular formula is C27H33FN6O2. The third-order valence-electron chi connectivity index (χ3n) is 6.42. The van der Waals surface area contributed by atoms with Crippen LogP contribution in [0.4, 0.5) is 4.39 Å². The first kappa shape index (κ1) is 25.7. The number of aryl methyl sites for hydroxylation is 2. The van der Waals surface area contributed by atoms with Gasteiger partial charge in [0.15, 0.2) is 5.82 Å². The molecule has 0 fully saturated rings. The molecule has 0 aliphatic heterocycles. The van der Waals surface area contributed by atoms with Crippen LogP contribution >= 0.6 is 0 Å². The van der Waals surface area contributed by atoms with Crippen LogP contribution in [-0.2, 0) is 24.4 Å². The number of H-pyrrole nitrogens is 1. The highest BCUT2D eigenvalue weighted by molar-refractivity contribution is 5.83. The zero-order valence-electron chi connectivity index (χ0n) is 21.5. The Morgan fingerprint density at radius 1 is 1.11 bits per heavy atom. The van der Waals surface area contributed by atoms with Gasteiger partial charge in [-0.25, -0.2) is 9.07 Å². The minimum absolute atomic E-state index is 0.127. The standard InChI is InChI=1S/C27H33FN6O2/c1-17(2)25(26-30-31-32-34(26)10-11-36-5)33(15-20-6-8-22(28)9-7-20)16-21-14-23-19(4)12-18(3)13-24(23)29-27(21)35/h6-9,12-14,17,25H,10-11,15-16H2,1-5H3,(H,29,35)/t25-/m1/s1. The van der Waals surface area contributed by atoms with Crippen molar-refractivity contribution in [3.05, 3.63) is 86.7 Å². The van der Waals surface area contributed by atoms with E-state index >= 15 is 0 Å². The van der Waals surface area contributed by atoms with Gasteiger partial charge in [0.1, 0.15) is 5.82 Å². The van der Waals surface area contributed by atoms with E-state index in [4.69, 9.17) is 4.74 Å². The summed E-state index contributed by atoms with van der Waals surface area (Å²) in [7, 11) is 1.64. The topological polar surface area (TPSA) is 88.9 Å². The molecule has 190 valence electrons. The highest BCUT2D eigenvalue weighted by atomic mass is 19.1. The summed E-state index contributed by atoms with van der Waals surface area (Å²) in [5.74, 6) is 0.542. The molecule has 0 aliphatic carbocycles. The summed E-state index contributed by atoms with van der Waals surface area (Å²) in [6.45, 7) is 10.1. The van der Waals surface area contributed by atoms with Crippen molar-refractivity contribution in [1.82, 2.24) is 30.1 Å². The van der Waals surface area contributed by atoms with Crippen molar-refractivity contribution in [2.75, 3.05) is 13.7 Å². The number of nitrogens with zero attached hydrogens (tertiary/aromatic N) is 5. The first-order chi connectivity index (χ1) is 17.3. The summed E-state index contributed by atoms with van der Waals surface area (Å²) < 4.78 is 20.6. The number of nitrogens with one attached hydrogen (secondary N) is 1. The second-order valence-corrected chi connectivity index (χ2v) is 9.64. The smallest absolute Gasteiger partial charge is 0.252 e. The fourth-order valence-corrected chi connectivity index (χ4v) is 4.77. The molecule has 0 aliphatic rings. The number of tetrazole rings is 1. The molecule has 0 amide bonds. The Labute approximate surface area is 210 Å². The average Bonchev–Trinajstić information content (AvgIpc) is 3.27. The van der Waals surface area contributed by atoms with E-state index in [2.05, 4.69) is 52.2 Å². The minimum atomic E-state index is -0.286. The molecule has 0 unspecified atom stereocenters. The summed E-state index contributed by atoms with van der Waals surface area (Å²) in [6.07, 6.45) is 0. The number of aromatic nitrogens is 5. The molecule has 0 saturated heterocycles. The Morgan fingerprint density at radius 2 is 1.86 bits per heavy atom. The second kappa shape index (κ2) is 11.1. The summed E-state index contributed by atoms with van der Waals surface area (Å²) in [6, 6.07) is 12.3. The molecule has 1 atom stereocenters. The van der Waals surface area contributed by atoms with Crippen molar-refractivity contribution in [3.63, 3.8) is 0 Å². The van der Waals surface area contributed by atoms with Crippen LogP contribution in [0.5, 0.6) is 0 Å². The van der Waals surface area contributed by atoms with Crippen molar-refractivity contribution in [1.29, 1.82) is 0 Å². The number of hydrogen-bond donors (Lipinski definition) is 1. The molecule has 0 saturated carbocycles. The van der Waals surface area contributed by atoms with E-state index in [9.17, 15) is 9.18 Å². The van der Waals surface area contributed by atoms with Gasteiger partial charge in [-0.15, -0.1) is 5.10 Å². The number of ether oxygens (including phenoxy) is 1. The van der Waals surface area contributed by atoms with Crippen LogP contribution in [-0.4, -0.2) is 43.8 Å². The highest BCUT2D eigenvalue weighted by Crippen LogP contribution is 2.30. The van der Waals surface area contributed by atoms with Gasteiger partial charge < -0.3 is 9.72 Å². The minimum Gasteiger partial charge on any atom is -0.383 e. The first-order valence-corrected chi connectivity index (χ1v) is 12.1. The molecule has 4 aromatic rings. The molecule has 2 aromatic heterocycles. The third-order valence-corrected chi connectivity index (χ3v) is 6.42. The molecule has 0 bridgehead atoms. The number of benzene rings is 2. The molecule has 2 heterocycles. The van der Waals surface area contributed by atoms with Crippen LogP contribution in [0.3, 0.4) is 0 Å². The maximum atomic E-state index is 13.6. The van der Waals surface area contributed by atoms with Gasteiger partial charge in [-0.05, 0) is 71.1 Å². The fraction of sp³-hybridized carbons (Fsp3) is 0.407. The molecule has 2 aromatic carbocycles. The molecule has 1 N–H and O–H groups in total. The lowest BCUT2D eigenvalue weighted by Gasteiger charge is -2.33. The monoisotopic (exact) mass is 492 g/mol. The van der Waals surface area contributed by atoms with Gasteiger partial charge in [0.25, 0.3) is 5.56 Å². The van der Waals surface area contributed by atoms with Gasteiger partial charge in [-0.3, -0.25) is 9.69 Å². The fourth-order valence-electron chi connectivity index (χ4n) is 4.77. The van der Waals surface area contributed by atoms with Gasteiger partial charge >= 0.3 is 0 Å². The molecular weight excluding hydrogens is 459 g/mol. The van der Waals surface area contributed by atoms with Crippen LogP contribution < -0.4 is 5.56 Å². The number of fused-ring (bicyclic) bond motifs is 1. The van der Waals surface area contributed by atoms with E-state index in [1.54, 1.807) is 23.9 Å². The molecule has 0 spiro atoms. The Kier molecular flexibility index (Phi) is 7.91. The predicted molar refractivity (Wildman–Crippen MR) is 137 cm³/mol.